The Bertz CT molecular complexity index is 675. The molecule has 11 heteroatoms. The highest BCUT2D eigenvalue weighted by Crippen LogP contribution is 2.40. The van der Waals surface area contributed by atoms with Crippen molar-refractivity contribution in [2.24, 2.45) is 11.8 Å². The van der Waals surface area contributed by atoms with E-state index in [9.17, 15) is 40.2 Å². The van der Waals surface area contributed by atoms with Gasteiger partial charge in [0.25, 0.3) is 0 Å². The molecule has 2 rings (SSSR count). The maximum Gasteiger partial charge on any atom is 0.333 e. The molecule has 0 saturated carbocycles. The van der Waals surface area contributed by atoms with E-state index in [0.29, 0.717) is 0 Å². The first-order chi connectivity index (χ1) is 14.1. The second-order valence-corrected chi connectivity index (χ2v) is 7.30. The fourth-order valence-corrected chi connectivity index (χ4v) is 3.98. The Morgan fingerprint density at radius 3 is 2.47 bits per heavy atom. The van der Waals surface area contributed by atoms with Crippen LogP contribution in [0, 0.1) is 11.8 Å². The van der Waals surface area contributed by atoms with Crippen LogP contribution in [0.25, 0.3) is 0 Å². The molecule has 1 heterocycles. The van der Waals surface area contributed by atoms with Crippen molar-refractivity contribution in [2.75, 3.05) is 20.3 Å². The first-order valence-corrected chi connectivity index (χ1v) is 9.40. The van der Waals surface area contributed by atoms with E-state index >= 15 is 0 Å². The number of esters is 1. The van der Waals surface area contributed by atoms with Crippen LogP contribution >= 0.6 is 0 Å². The number of hydrogen-bond acceptors (Lipinski definition) is 10. The summed E-state index contributed by atoms with van der Waals surface area (Å²) >= 11 is 0. The molecule has 8 atom stereocenters. The van der Waals surface area contributed by atoms with Crippen molar-refractivity contribution in [2.45, 2.75) is 49.1 Å². The number of carbonyl (C=O) groups excluding carboxylic acids is 1. The predicted molar refractivity (Wildman–Crippen MR) is 98.8 cm³/mol. The zero-order chi connectivity index (χ0) is 22.6. The molecule has 0 aromatic rings. The number of methoxy groups -OCH3 is 1. The van der Waals surface area contributed by atoms with Gasteiger partial charge in [0.2, 0.25) is 5.79 Å². The third-order valence-corrected chi connectivity index (χ3v) is 5.56. The highest BCUT2D eigenvalue weighted by Gasteiger charge is 2.56. The lowest BCUT2D eigenvalue weighted by Crippen LogP contribution is -2.68. The molecular weight excluding hydrogens is 404 g/mol. The Morgan fingerprint density at radius 1 is 1.30 bits per heavy atom. The molecule has 170 valence electrons. The Kier molecular flexibility index (Phi) is 8.11. The van der Waals surface area contributed by atoms with Crippen molar-refractivity contribution in [1.82, 2.24) is 0 Å². The van der Waals surface area contributed by atoms with Gasteiger partial charge in [-0.15, -0.1) is 6.58 Å². The SMILES string of the molecule is C=C[C@@H]1[C@H](CC(=O)O)C(C(=O)OC)=CC[C@H]1O[C@]1(CO)O[C@H](CO)[C@@H](O)[C@H](O)[C@H]1O. The molecule has 6 N–H and O–H groups in total. The fourth-order valence-electron chi connectivity index (χ4n) is 3.98. The van der Waals surface area contributed by atoms with Crippen LogP contribution in [-0.2, 0) is 23.8 Å². The van der Waals surface area contributed by atoms with Gasteiger partial charge in [-0.25, -0.2) is 4.79 Å². The number of carboxylic acid groups (broad SMARTS) is 1. The quantitative estimate of drug-likeness (QED) is 0.183. The normalized spacial score (nSPS) is 39.1. The van der Waals surface area contributed by atoms with Gasteiger partial charge in [-0.05, 0) is 6.42 Å². The molecule has 11 nitrogen and oxygen atoms in total. The minimum absolute atomic E-state index is 0.0531. The number of carboxylic acids is 1. The van der Waals surface area contributed by atoms with E-state index in [2.05, 4.69) is 6.58 Å². The topological polar surface area (TPSA) is 183 Å². The van der Waals surface area contributed by atoms with Crippen LogP contribution in [-0.4, -0.2) is 99.2 Å². The number of aliphatic hydroxyl groups excluding tert-OH is 5. The van der Waals surface area contributed by atoms with Gasteiger partial charge in [0.1, 0.15) is 31.0 Å². The van der Waals surface area contributed by atoms with Crippen LogP contribution in [0.1, 0.15) is 12.8 Å². The molecule has 30 heavy (non-hydrogen) atoms. The van der Waals surface area contributed by atoms with Gasteiger partial charge in [0, 0.05) is 17.4 Å². The van der Waals surface area contributed by atoms with Gasteiger partial charge >= 0.3 is 11.9 Å². The fraction of sp³-hybridized carbons (Fsp3) is 0.684. The summed E-state index contributed by atoms with van der Waals surface area (Å²) in [6.45, 7) is 2.02. The minimum Gasteiger partial charge on any atom is -0.481 e. The summed E-state index contributed by atoms with van der Waals surface area (Å²) < 4.78 is 16.0. The molecule has 0 radical (unpaired) electrons. The molecule has 1 aliphatic heterocycles. The summed E-state index contributed by atoms with van der Waals surface area (Å²) in [7, 11) is 1.17. The van der Waals surface area contributed by atoms with E-state index in [-0.39, 0.29) is 12.0 Å². The van der Waals surface area contributed by atoms with Gasteiger partial charge in [-0.3, -0.25) is 4.79 Å². The third-order valence-electron chi connectivity index (χ3n) is 5.56. The predicted octanol–water partition coefficient (Wildman–Crippen LogP) is -2.07. The average Bonchev–Trinajstić information content (AvgIpc) is 2.73. The summed E-state index contributed by atoms with van der Waals surface area (Å²) in [6.07, 6.45) is -5.10. The van der Waals surface area contributed by atoms with E-state index in [1.54, 1.807) is 0 Å². The van der Waals surface area contributed by atoms with Crippen molar-refractivity contribution < 1.29 is 54.4 Å². The second-order valence-electron chi connectivity index (χ2n) is 7.30. The number of carbonyl (C=O) groups is 2. The van der Waals surface area contributed by atoms with Crippen LogP contribution < -0.4 is 0 Å². The zero-order valence-corrected chi connectivity index (χ0v) is 16.5. The van der Waals surface area contributed by atoms with E-state index in [0.717, 1.165) is 0 Å². The summed E-state index contributed by atoms with van der Waals surface area (Å²) in [6, 6.07) is 0. The molecule has 0 amide bonds. The third kappa shape index (κ3) is 4.57. The summed E-state index contributed by atoms with van der Waals surface area (Å²) in [4.78, 5) is 23.5. The lowest BCUT2D eigenvalue weighted by molar-refractivity contribution is -0.385. The van der Waals surface area contributed by atoms with E-state index in [1.165, 1.54) is 19.3 Å². The Balaban J connectivity index is 2.39. The van der Waals surface area contributed by atoms with Gasteiger partial charge < -0.3 is 44.8 Å². The van der Waals surface area contributed by atoms with Gasteiger partial charge in [0.15, 0.2) is 0 Å². The summed E-state index contributed by atoms with van der Waals surface area (Å²) in [5.74, 6) is -5.70. The number of aliphatic hydroxyl groups is 5. The molecule has 2 aliphatic rings. The van der Waals surface area contributed by atoms with Crippen molar-refractivity contribution in [3.05, 3.63) is 24.3 Å². The van der Waals surface area contributed by atoms with Crippen LogP contribution in [0.4, 0.5) is 0 Å². The molecule has 0 bridgehead atoms. The molecular formula is C19H28O11. The zero-order valence-electron chi connectivity index (χ0n) is 16.5. The maximum absolute atomic E-state index is 12.1. The monoisotopic (exact) mass is 432 g/mol. The van der Waals surface area contributed by atoms with Crippen LogP contribution in [0.3, 0.4) is 0 Å². The van der Waals surface area contributed by atoms with Crippen LogP contribution in [0.5, 0.6) is 0 Å². The van der Waals surface area contributed by atoms with Crippen molar-refractivity contribution >= 4 is 11.9 Å². The average molecular weight is 432 g/mol. The lowest BCUT2D eigenvalue weighted by atomic mass is 9.74. The van der Waals surface area contributed by atoms with E-state index in [4.69, 9.17) is 14.2 Å². The largest absolute Gasteiger partial charge is 0.481 e. The summed E-state index contributed by atoms with van der Waals surface area (Å²) in [5.41, 5.74) is 0.136. The molecule has 0 unspecified atom stereocenters. The molecule has 1 fully saturated rings. The molecule has 0 spiro atoms. The standard InChI is InChI=1S/C19H28O11/c1-3-9-11(6-14(22)23)10(18(27)28-2)4-5-12(9)29-19(8-21)17(26)16(25)15(24)13(7-20)30-19/h3-4,9,11-13,15-17,20-21,24-26H,1,5-8H2,2H3,(H,22,23)/t9-,11+,12-,13-,15-,16+,17-,19-/m1/s1. The molecule has 1 aliphatic carbocycles. The number of aliphatic carboxylic acids is 1. The lowest BCUT2D eigenvalue weighted by Gasteiger charge is -2.49. The van der Waals surface area contributed by atoms with Crippen molar-refractivity contribution in [3.63, 3.8) is 0 Å². The number of rotatable bonds is 8. The van der Waals surface area contributed by atoms with Gasteiger partial charge in [-0.1, -0.05) is 12.2 Å². The summed E-state index contributed by atoms with van der Waals surface area (Å²) in [5, 5.41) is 59.1. The van der Waals surface area contributed by atoms with Crippen molar-refractivity contribution in [3.8, 4) is 0 Å². The first kappa shape index (κ1) is 24.4. The van der Waals surface area contributed by atoms with Crippen molar-refractivity contribution in [1.29, 1.82) is 0 Å². The smallest absolute Gasteiger partial charge is 0.333 e. The van der Waals surface area contributed by atoms with Crippen LogP contribution in [0.2, 0.25) is 0 Å². The molecule has 0 aromatic carbocycles. The second kappa shape index (κ2) is 9.96. The minimum atomic E-state index is -2.21. The Labute approximate surface area is 172 Å². The first-order valence-electron chi connectivity index (χ1n) is 9.40. The molecule has 0 aromatic heterocycles. The number of hydrogen-bond donors (Lipinski definition) is 6. The highest BCUT2D eigenvalue weighted by molar-refractivity contribution is 5.90. The highest BCUT2D eigenvalue weighted by atomic mass is 16.7. The molecule has 1 saturated heterocycles. The number of ether oxygens (including phenoxy) is 3. The maximum atomic E-state index is 12.1. The van der Waals surface area contributed by atoms with E-state index in [1.807, 2.05) is 0 Å². The Morgan fingerprint density at radius 2 is 1.97 bits per heavy atom. The van der Waals surface area contributed by atoms with Gasteiger partial charge in [-0.2, -0.15) is 0 Å². The Hall–Kier alpha value is -1.86. The van der Waals surface area contributed by atoms with E-state index < -0.39 is 79.7 Å². The van der Waals surface area contributed by atoms with Crippen LogP contribution in [0.15, 0.2) is 24.3 Å². The van der Waals surface area contributed by atoms with Gasteiger partial charge in [0.05, 0.1) is 26.2 Å².